The largest absolute Gasteiger partial charge is 0.383 e. The smallest absolute Gasteiger partial charge is 0.109 e. The zero-order chi connectivity index (χ0) is 13.8. The topological polar surface area (TPSA) is 39.1 Å². The van der Waals surface area contributed by atoms with E-state index in [-0.39, 0.29) is 0 Å². The Balaban J connectivity index is 2.38. The molecule has 2 rings (SSSR count). The monoisotopic (exact) mass is 265 g/mol. The Kier molecular flexibility index (Phi) is 4.99. The average molecular weight is 265 g/mol. The third-order valence-corrected chi connectivity index (χ3v) is 3.78. The van der Waals surface area contributed by atoms with Gasteiger partial charge in [0.2, 0.25) is 0 Å². The Hall–Kier alpha value is -0.870. The van der Waals surface area contributed by atoms with Crippen molar-refractivity contribution in [1.29, 1.82) is 0 Å². The van der Waals surface area contributed by atoms with Crippen molar-refractivity contribution in [3.05, 3.63) is 17.2 Å². The van der Waals surface area contributed by atoms with Crippen molar-refractivity contribution < 1.29 is 4.74 Å². The number of methoxy groups -OCH3 is 1. The predicted molar refractivity (Wildman–Crippen MR) is 77.4 cm³/mol. The van der Waals surface area contributed by atoms with Gasteiger partial charge in [0.05, 0.1) is 18.3 Å². The van der Waals surface area contributed by atoms with Gasteiger partial charge in [-0.1, -0.05) is 20.8 Å². The molecular formula is C15H27N3O. The van der Waals surface area contributed by atoms with Gasteiger partial charge in [-0.25, -0.2) is 4.98 Å². The first kappa shape index (κ1) is 14.5. The molecule has 1 aromatic rings. The van der Waals surface area contributed by atoms with Gasteiger partial charge in [-0.05, 0) is 12.3 Å². The number of nitrogens with one attached hydrogen (secondary N) is 1. The van der Waals surface area contributed by atoms with Gasteiger partial charge in [0.25, 0.3) is 0 Å². The Morgan fingerprint density at radius 1 is 1.42 bits per heavy atom. The van der Waals surface area contributed by atoms with E-state index in [2.05, 4.69) is 30.7 Å². The third-order valence-electron chi connectivity index (χ3n) is 3.78. The number of nitrogens with zero attached hydrogens (tertiary/aromatic N) is 2. The summed E-state index contributed by atoms with van der Waals surface area (Å²) in [4.78, 5) is 4.89. The standard InChI is InChI=1S/C15H27N3O/c1-5-12(10-19-4)18-14-6-7-16-9-13(14)17-15(18)8-11(2)3/h11-12,16H,5-10H2,1-4H3. The molecule has 1 aliphatic heterocycles. The van der Waals surface area contributed by atoms with Crippen LogP contribution in [-0.2, 0) is 24.1 Å². The molecule has 108 valence electrons. The van der Waals surface area contributed by atoms with Crippen LogP contribution in [0.25, 0.3) is 0 Å². The lowest BCUT2D eigenvalue weighted by atomic mass is 10.1. The summed E-state index contributed by atoms with van der Waals surface area (Å²) < 4.78 is 7.88. The van der Waals surface area contributed by atoms with E-state index in [1.165, 1.54) is 17.2 Å². The minimum atomic E-state index is 0.424. The number of fused-ring (bicyclic) bond motifs is 1. The number of aromatic nitrogens is 2. The van der Waals surface area contributed by atoms with Crippen LogP contribution < -0.4 is 5.32 Å². The van der Waals surface area contributed by atoms with Crippen LogP contribution in [0, 0.1) is 5.92 Å². The fourth-order valence-corrected chi connectivity index (χ4v) is 2.90. The van der Waals surface area contributed by atoms with Gasteiger partial charge in [-0.3, -0.25) is 0 Å². The summed E-state index contributed by atoms with van der Waals surface area (Å²) in [6.45, 7) is 9.50. The second-order valence-corrected chi connectivity index (χ2v) is 5.83. The van der Waals surface area contributed by atoms with E-state index < -0.39 is 0 Å². The highest BCUT2D eigenvalue weighted by Gasteiger charge is 2.24. The third kappa shape index (κ3) is 3.18. The van der Waals surface area contributed by atoms with Crippen molar-refractivity contribution in [2.75, 3.05) is 20.3 Å². The number of hydrogen-bond acceptors (Lipinski definition) is 3. The highest BCUT2D eigenvalue weighted by molar-refractivity contribution is 5.21. The fraction of sp³-hybridized carbons (Fsp3) is 0.800. The van der Waals surface area contributed by atoms with Crippen molar-refractivity contribution in [1.82, 2.24) is 14.9 Å². The quantitative estimate of drug-likeness (QED) is 0.858. The molecule has 0 aliphatic carbocycles. The van der Waals surface area contributed by atoms with Crippen molar-refractivity contribution in [3.8, 4) is 0 Å². The molecule has 1 N–H and O–H groups in total. The normalized spacial score (nSPS) is 16.7. The zero-order valence-corrected chi connectivity index (χ0v) is 12.7. The van der Waals surface area contributed by atoms with Crippen LogP contribution in [0.5, 0.6) is 0 Å². The van der Waals surface area contributed by atoms with Gasteiger partial charge in [-0.2, -0.15) is 0 Å². The van der Waals surface area contributed by atoms with Crippen molar-refractivity contribution >= 4 is 0 Å². The maximum atomic E-state index is 5.41. The molecule has 1 aromatic heterocycles. The molecule has 0 fully saturated rings. The van der Waals surface area contributed by atoms with Gasteiger partial charge in [-0.15, -0.1) is 0 Å². The molecule has 0 amide bonds. The maximum absolute atomic E-state index is 5.41. The van der Waals surface area contributed by atoms with E-state index in [0.717, 1.165) is 39.0 Å². The first-order valence-corrected chi connectivity index (χ1v) is 7.45. The Morgan fingerprint density at radius 3 is 2.84 bits per heavy atom. The maximum Gasteiger partial charge on any atom is 0.109 e. The molecule has 0 aromatic carbocycles. The minimum Gasteiger partial charge on any atom is -0.383 e. The molecule has 1 unspecified atom stereocenters. The van der Waals surface area contributed by atoms with Gasteiger partial charge in [0, 0.05) is 38.7 Å². The molecule has 4 heteroatoms. The van der Waals surface area contributed by atoms with Crippen LogP contribution in [0.15, 0.2) is 0 Å². The molecule has 19 heavy (non-hydrogen) atoms. The highest BCUT2D eigenvalue weighted by atomic mass is 16.5. The van der Waals surface area contributed by atoms with E-state index in [4.69, 9.17) is 9.72 Å². The second kappa shape index (κ2) is 6.53. The number of imidazole rings is 1. The van der Waals surface area contributed by atoms with Crippen molar-refractivity contribution in [2.45, 2.75) is 52.6 Å². The molecule has 4 nitrogen and oxygen atoms in total. The first-order chi connectivity index (χ1) is 9.17. The van der Waals surface area contributed by atoms with Crippen LogP contribution in [0.1, 0.15) is 50.4 Å². The highest BCUT2D eigenvalue weighted by Crippen LogP contribution is 2.25. The van der Waals surface area contributed by atoms with Crippen molar-refractivity contribution in [3.63, 3.8) is 0 Å². The molecule has 1 aliphatic rings. The van der Waals surface area contributed by atoms with Crippen LogP contribution in [0.3, 0.4) is 0 Å². The Labute approximate surface area is 116 Å². The van der Waals surface area contributed by atoms with E-state index in [1.807, 2.05) is 0 Å². The van der Waals surface area contributed by atoms with Crippen LogP contribution >= 0.6 is 0 Å². The molecule has 0 radical (unpaired) electrons. The molecule has 2 heterocycles. The summed E-state index contributed by atoms with van der Waals surface area (Å²) in [6, 6.07) is 0.424. The average Bonchev–Trinajstić information content (AvgIpc) is 2.73. The summed E-state index contributed by atoms with van der Waals surface area (Å²) in [5.41, 5.74) is 2.68. The Bertz CT molecular complexity index is 412. The molecule has 0 saturated carbocycles. The summed E-state index contributed by atoms with van der Waals surface area (Å²) in [5.74, 6) is 1.88. The van der Waals surface area contributed by atoms with Crippen LogP contribution in [0.4, 0.5) is 0 Å². The Morgan fingerprint density at radius 2 is 2.21 bits per heavy atom. The van der Waals surface area contributed by atoms with Crippen LogP contribution in [0.2, 0.25) is 0 Å². The molecule has 0 bridgehead atoms. The van der Waals surface area contributed by atoms with E-state index in [0.29, 0.717) is 12.0 Å². The summed E-state index contributed by atoms with van der Waals surface area (Å²) >= 11 is 0. The lowest BCUT2D eigenvalue weighted by Crippen LogP contribution is -2.27. The molecule has 0 spiro atoms. The lowest BCUT2D eigenvalue weighted by molar-refractivity contribution is 0.150. The SMILES string of the molecule is CCC(COC)n1c(CC(C)C)nc2c1CCNC2. The number of hydrogen-bond donors (Lipinski definition) is 1. The zero-order valence-electron chi connectivity index (χ0n) is 12.7. The lowest BCUT2D eigenvalue weighted by Gasteiger charge is -2.23. The van der Waals surface area contributed by atoms with Gasteiger partial charge in [0.15, 0.2) is 0 Å². The second-order valence-electron chi connectivity index (χ2n) is 5.83. The van der Waals surface area contributed by atoms with E-state index >= 15 is 0 Å². The minimum absolute atomic E-state index is 0.424. The van der Waals surface area contributed by atoms with Crippen LogP contribution in [-0.4, -0.2) is 29.8 Å². The van der Waals surface area contributed by atoms with Gasteiger partial charge >= 0.3 is 0 Å². The fourth-order valence-electron chi connectivity index (χ4n) is 2.90. The van der Waals surface area contributed by atoms with E-state index in [1.54, 1.807) is 7.11 Å². The summed E-state index contributed by atoms with van der Waals surface area (Å²) in [5, 5.41) is 3.42. The van der Waals surface area contributed by atoms with Gasteiger partial charge < -0.3 is 14.6 Å². The molecule has 0 saturated heterocycles. The predicted octanol–water partition coefficient (Wildman–Crippen LogP) is 2.32. The van der Waals surface area contributed by atoms with E-state index in [9.17, 15) is 0 Å². The number of rotatable bonds is 6. The molecular weight excluding hydrogens is 238 g/mol. The first-order valence-electron chi connectivity index (χ1n) is 7.45. The molecule has 1 atom stereocenters. The summed E-state index contributed by atoms with van der Waals surface area (Å²) in [7, 11) is 1.79. The van der Waals surface area contributed by atoms with Crippen molar-refractivity contribution in [2.24, 2.45) is 5.92 Å². The number of ether oxygens (including phenoxy) is 1. The van der Waals surface area contributed by atoms with Gasteiger partial charge in [0.1, 0.15) is 5.82 Å². The summed E-state index contributed by atoms with van der Waals surface area (Å²) in [6.07, 6.45) is 3.23.